The first-order chi connectivity index (χ1) is 27.2. The summed E-state index contributed by atoms with van der Waals surface area (Å²) in [5.41, 5.74) is 13.7. The van der Waals surface area contributed by atoms with Gasteiger partial charge < -0.3 is 4.42 Å². The van der Waals surface area contributed by atoms with Crippen LogP contribution in [-0.2, 0) is 0 Å². The SMILES string of the molecule is c1ccc(-c2ccc(-c3ccc(-c4nc(-c5ccccc5)nc(-c5ccc6c(c5)oc5ccc(-c7cccc(-c8ccccc8)c7)cc56)n4)cc3)cc2)cc1. The fourth-order valence-electron chi connectivity index (χ4n) is 7.25. The van der Waals surface area contributed by atoms with Gasteiger partial charge in [0.25, 0.3) is 0 Å². The van der Waals surface area contributed by atoms with Gasteiger partial charge >= 0.3 is 0 Å². The highest BCUT2D eigenvalue weighted by Crippen LogP contribution is 2.36. The lowest BCUT2D eigenvalue weighted by Gasteiger charge is -2.09. The lowest BCUT2D eigenvalue weighted by Crippen LogP contribution is -2.00. The van der Waals surface area contributed by atoms with Crippen LogP contribution in [0.1, 0.15) is 0 Å². The van der Waals surface area contributed by atoms with Crippen molar-refractivity contribution in [2.24, 2.45) is 0 Å². The molecule has 0 saturated carbocycles. The van der Waals surface area contributed by atoms with Crippen LogP contribution in [0.15, 0.2) is 205 Å². The van der Waals surface area contributed by atoms with Crippen LogP contribution in [0.5, 0.6) is 0 Å². The highest BCUT2D eigenvalue weighted by Gasteiger charge is 2.16. The second-order valence-corrected chi connectivity index (χ2v) is 13.7. The van der Waals surface area contributed by atoms with Crippen molar-refractivity contribution < 1.29 is 4.42 Å². The molecule has 258 valence electrons. The van der Waals surface area contributed by atoms with E-state index in [-0.39, 0.29) is 0 Å². The Kier molecular flexibility index (Phi) is 8.12. The maximum Gasteiger partial charge on any atom is 0.164 e. The minimum absolute atomic E-state index is 0.588. The maximum atomic E-state index is 6.44. The molecule has 0 bridgehead atoms. The number of aromatic nitrogens is 3. The molecule has 55 heavy (non-hydrogen) atoms. The quantitative estimate of drug-likeness (QED) is 0.166. The Morgan fingerprint density at radius 3 is 1.20 bits per heavy atom. The van der Waals surface area contributed by atoms with E-state index in [1.54, 1.807) is 0 Å². The van der Waals surface area contributed by atoms with Gasteiger partial charge in [-0.3, -0.25) is 0 Å². The maximum absolute atomic E-state index is 6.44. The summed E-state index contributed by atoms with van der Waals surface area (Å²) < 4.78 is 6.44. The number of hydrogen-bond acceptors (Lipinski definition) is 4. The van der Waals surface area contributed by atoms with E-state index >= 15 is 0 Å². The van der Waals surface area contributed by atoms with Crippen LogP contribution >= 0.6 is 0 Å². The number of rotatable bonds is 7. The van der Waals surface area contributed by atoms with Crippen molar-refractivity contribution in [1.29, 1.82) is 0 Å². The minimum atomic E-state index is 0.588. The smallest absolute Gasteiger partial charge is 0.164 e. The van der Waals surface area contributed by atoms with E-state index in [2.05, 4.69) is 152 Å². The molecule has 0 aliphatic carbocycles. The van der Waals surface area contributed by atoms with E-state index in [0.29, 0.717) is 17.5 Å². The topological polar surface area (TPSA) is 51.8 Å². The van der Waals surface area contributed by atoms with Gasteiger partial charge in [0.2, 0.25) is 0 Å². The van der Waals surface area contributed by atoms with Crippen molar-refractivity contribution >= 4 is 21.9 Å². The Labute approximate surface area is 319 Å². The molecule has 2 aromatic heterocycles. The van der Waals surface area contributed by atoms with Gasteiger partial charge in [-0.2, -0.15) is 0 Å². The Morgan fingerprint density at radius 1 is 0.236 bits per heavy atom. The van der Waals surface area contributed by atoms with Crippen molar-refractivity contribution in [3.8, 4) is 78.7 Å². The van der Waals surface area contributed by atoms with Gasteiger partial charge in [-0.25, -0.2) is 15.0 Å². The van der Waals surface area contributed by atoms with Gasteiger partial charge in [-0.1, -0.05) is 170 Å². The molecule has 0 aliphatic rings. The molecular formula is C51H33N3O. The fraction of sp³-hybridized carbons (Fsp3) is 0. The fourth-order valence-corrected chi connectivity index (χ4v) is 7.25. The summed E-state index contributed by atoms with van der Waals surface area (Å²) in [5.74, 6) is 1.82. The number of benzene rings is 8. The standard InChI is InChI=1S/C51H33N3O/c1-4-11-34(12-5-1)36-19-21-37(22-20-36)38-23-25-40(26-24-38)50-52-49(39-15-8-3-9-16-39)53-51(54-50)44-27-29-45-46-32-43(28-30-47(46)55-48(45)33-44)42-18-10-17-41(31-42)35-13-6-2-7-14-35/h1-33H. The monoisotopic (exact) mass is 703 g/mol. The first-order valence-electron chi connectivity index (χ1n) is 18.4. The zero-order valence-corrected chi connectivity index (χ0v) is 29.8. The highest BCUT2D eigenvalue weighted by atomic mass is 16.3. The van der Waals surface area contributed by atoms with Gasteiger partial charge in [0, 0.05) is 27.5 Å². The average Bonchev–Trinajstić information content (AvgIpc) is 3.65. The summed E-state index contributed by atoms with van der Waals surface area (Å²) in [6.45, 7) is 0. The third kappa shape index (κ3) is 6.36. The summed E-state index contributed by atoms with van der Waals surface area (Å²) >= 11 is 0. The van der Waals surface area contributed by atoms with E-state index < -0.39 is 0 Å². The van der Waals surface area contributed by atoms with Gasteiger partial charge in [-0.15, -0.1) is 0 Å². The summed E-state index contributed by atoms with van der Waals surface area (Å²) in [7, 11) is 0. The van der Waals surface area contributed by atoms with Crippen LogP contribution in [0.2, 0.25) is 0 Å². The molecular weight excluding hydrogens is 671 g/mol. The van der Waals surface area contributed by atoms with Crippen molar-refractivity contribution in [1.82, 2.24) is 15.0 Å². The van der Waals surface area contributed by atoms with Crippen molar-refractivity contribution in [3.63, 3.8) is 0 Å². The van der Waals surface area contributed by atoms with Crippen LogP contribution in [0.4, 0.5) is 0 Å². The molecule has 0 atom stereocenters. The molecule has 0 fully saturated rings. The molecule has 2 heterocycles. The molecule has 0 spiro atoms. The lowest BCUT2D eigenvalue weighted by atomic mass is 9.98. The minimum Gasteiger partial charge on any atom is -0.456 e. The number of furan rings is 1. The average molecular weight is 704 g/mol. The summed E-state index contributed by atoms with van der Waals surface area (Å²) in [4.78, 5) is 15.0. The van der Waals surface area contributed by atoms with Gasteiger partial charge in [0.15, 0.2) is 17.5 Å². The third-order valence-electron chi connectivity index (χ3n) is 10.2. The Morgan fingerprint density at radius 2 is 0.618 bits per heavy atom. The summed E-state index contributed by atoms with van der Waals surface area (Å²) in [5, 5.41) is 2.12. The molecule has 0 amide bonds. The Balaban J connectivity index is 0.995. The number of fused-ring (bicyclic) bond motifs is 3. The molecule has 10 rings (SSSR count). The van der Waals surface area contributed by atoms with Crippen LogP contribution in [0.3, 0.4) is 0 Å². The van der Waals surface area contributed by atoms with E-state index in [4.69, 9.17) is 19.4 Å². The molecule has 0 saturated heterocycles. The number of nitrogens with zero attached hydrogens (tertiary/aromatic N) is 3. The second kappa shape index (κ2) is 13.8. The zero-order chi connectivity index (χ0) is 36.6. The van der Waals surface area contributed by atoms with E-state index in [1.165, 1.54) is 22.3 Å². The Hall–Kier alpha value is -7.43. The molecule has 0 N–H and O–H groups in total. The molecule has 0 aliphatic heterocycles. The predicted octanol–water partition coefficient (Wildman–Crippen LogP) is 13.4. The highest BCUT2D eigenvalue weighted by molar-refractivity contribution is 6.07. The predicted molar refractivity (Wildman–Crippen MR) is 225 cm³/mol. The van der Waals surface area contributed by atoms with Gasteiger partial charge in [0.1, 0.15) is 11.2 Å². The van der Waals surface area contributed by atoms with Crippen LogP contribution < -0.4 is 0 Å². The second-order valence-electron chi connectivity index (χ2n) is 13.7. The van der Waals surface area contributed by atoms with Crippen molar-refractivity contribution in [3.05, 3.63) is 200 Å². The summed E-state index contributed by atoms with van der Waals surface area (Å²) in [6.07, 6.45) is 0. The first kappa shape index (κ1) is 32.2. The van der Waals surface area contributed by atoms with Crippen LogP contribution in [0.25, 0.3) is 101 Å². The zero-order valence-electron chi connectivity index (χ0n) is 29.8. The van der Waals surface area contributed by atoms with Crippen LogP contribution in [-0.4, -0.2) is 15.0 Å². The van der Waals surface area contributed by atoms with E-state index in [1.807, 2.05) is 48.5 Å². The van der Waals surface area contributed by atoms with Crippen molar-refractivity contribution in [2.45, 2.75) is 0 Å². The largest absolute Gasteiger partial charge is 0.456 e. The molecule has 4 nitrogen and oxygen atoms in total. The van der Waals surface area contributed by atoms with Crippen molar-refractivity contribution in [2.75, 3.05) is 0 Å². The van der Waals surface area contributed by atoms with E-state index in [9.17, 15) is 0 Å². The van der Waals surface area contributed by atoms with Gasteiger partial charge in [0.05, 0.1) is 0 Å². The molecule has 0 unspecified atom stereocenters. The molecule has 0 radical (unpaired) electrons. The summed E-state index contributed by atoms with van der Waals surface area (Å²) in [6, 6.07) is 69.4. The van der Waals surface area contributed by atoms with E-state index in [0.717, 1.165) is 60.9 Å². The normalized spacial score (nSPS) is 11.3. The first-order valence-corrected chi connectivity index (χ1v) is 18.4. The molecule has 8 aromatic carbocycles. The lowest BCUT2D eigenvalue weighted by molar-refractivity contribution is 0.669. The number of hydrogen-bond donors (Lipinski definition) is 0. The van der Waals surface area contributed by atoms with Crippen LogP contribution in [0, 0.1) is 0 Å². The third-order valence-corrected chi connectivity index (χ3v) is 10.2. The molecule has 10 aromatic rings. The van der Waals surface area contributed by atoms with Gasteiger partial charge in [-0.05, 0) is 74.8 Å². The Bertz CT molecular complexity index is 2940. The molecule has 4 heteroatoms.